The van der Waals surface area contributed by atoms with E-state index < -0.39 is 0 Å². The van der Waals surface area contributed by atoms with Crippen LogP contribution in [0.1, 0.15) is 0 Å². The average molecular weight is 310 g/mol. The minimum absolute atomic E-state index is 0.712. The number of nitrogen functional groups attached to an aromatic ring is 1. The Kier molecular flexibility index (Phi) is 3.97. The maximum Gasteiger partial charge on any atom is 0.122 e. The van der Waals surface area contributed by atoms with Crippen molar-refractivity contribution in [1.29, 1.82) is 0 Å². The Hall–Kier alpha value is -1.13. The van der Waals surface area contributed by atoms with Gasteiger partial charge in [0.1, 0.15) is 5.75 Å². The van der Waals surface area contributed by atoms with Crippen molar-refractivity contribution in [2.24, 2.45) is 0 Å². The predicted octanol–water partition coefficient (Wildman–Crippen LogP) is 4.19. The van der Waals surface area contributed by atoms with Gasteiger partial charge in [0.2, 0.25) is 0 Å². The highest BCUT2D eigenvalue weighted by Gasteiger charge is 2.01. The van der Waals surface area contributed by atoms with Crippen LogP contribution in [0.2, 0.25) is 0 Å². The summed E-state index contributed by atoms with van der Waals surface area (Å²) in [6, 6.07) is 13.9. The standard InChI is InChI=1S/C13H12BrNOS/c1-16-11-6-10(15)7-13(8-11)17-12-4-2-9(14)3-5-12/h2-8H,15H2,1H3. The van der Waals surface area contributed by atoms with Crippen LogP contribution in [-0.4, -0.2) is 7.11 Å². The molecule has 2 aromatic carbocycles. The Morgan fingerprint density at radius 1 is 1.06 bits per heavy atom. The van der Waals surface area contributed by atoms with E-state index in [1.165, 1.54) is 4.90 Å². The summed E-state index contributed by atoms with van der Waals surface area (Å²) in [6.45, 7) is 0. The number of nitrogens with two attached hydrogens (primary N) is 1. The van der Waals surface area contributed by atoms with Gasteiger partial charge in [-0.15, -0.1) is 0 Å². The third-order valence-electron chi connectivity index (χ3n) is 2.19. The van der Waals surface area contributed by atoms with Crippen LogP contribution >= 0.6 is 27.7 Å². The smallest absolute Gasteiger partial charge is 0.122 e. The minimum Gasteiger partial charge on any atom is -0.497 e. The normalized spacial score (nSPS) is 10.2. The second kappa shape index (κ2) is 5.47. The summed E-state index contributed by atoms with van der Waals surface area (Å²) in [7, 11) is 1.64. The molecule has 0 fully saturated rings. The van der Waals surface area contributed by atoms with Crippen LogP contribution in [-0.2, 0) is 0 Å². The zero-order valence-electron chi connectivity index (χ0n) is 9.31. The maximum atomic E-state index is 5.81. The van der Waals surface area contributed by atoms with E-state index in [2.05, 4.69) is 28.1 Å². The molecule has 2 N–H and O–H groups in total. The maximum absolute atomic E-state index is 5.81. The molecule has 4 heteroatoms. The van der Waals surface area contributed by atoms with Crippen molar-refractivity contribution in [2.45, 2.75) is 9.79 Å². The van der Waals surface area contributed by atoms with Crippen molar-refractivity contribution >= 4 is 33.4 Å². The Morgan fingerprint density at radius 2 is 1.76 bits per heavy atom. The minimum atomic E-state index is 0.712. The molecule has 0 amide bonds. The van der Waals surface area contributed by atoms with E-state index in [1.807, 2.05) is 30.3 Å². The molecule has 0 saturated carbocycles. The molecule has 0 spiro atoms. The fourth-order valence-corrected chi connectivity index (χ4v) is 2.59. The molecule has 0 atom stereocenters. The molecule has 0 bridgehead atoms. The summed E-state index contributed by atoms with van der Waals surface area (Å²) < 4.78 is 6.27. The Bertz CT molecular complexity index is 513. The van der Waals surface area contributed by atoms with Gasteiger partial charge in [-0.05, 0) is 36.4 Å². The summed E-state index contributed by atoms with van der Waals surface area (Å²) in [6.07, 6.45) is 0. The van der Waals surface area contributed by atoms with Gasteiger partial charge in [0.05, 0.1) is 7.11 Å². The van der Waals surface area contributed by atoms with Crippen LogP contribution in [0, 0.1) is 0 Å². The number of methoxy groups -OCH3 is 1. The highest BCUT2D eigenvalue weighted by atomic mass is 79.9. The number of hydrogen-bond acceptors (Lipinski definition) is 3. The van der Waals surface area contributed by atoms with Gasteiger partial charge in [-0.1, -0.05) is 27.7 Å². The highest BCUT2D eigenvalue weighted by molar-refractivity contribution is 9.10. The quantitative estimate of drug-likeness (QED) is 0.863. The van der Waals surface area contributed by atoms with Gasteiger partial charge in [0, 0.05) is 26.0 Å². The van der Waals surface area contributed by atoms with E-state index in [0.717, 1.165) is 15.1 Å². The largest absolute Gasteiger partial charge is 0.497 e. The van der Waals surface area contributed by atoms with E-state index in [0.29, 0.717) is 5.69 Å². The molecule has 2 nitrogen and oxygen atoms in total. The predicted molar refractivity (Wildman–Crippen MR) is 75.7 cm³/mol. The first-order valence-corrected chi connectivity index (χ1v) is 6.66. The van der Waals surface area contributed by atoms with Crippen LogP contribution in [0.3, 0.4) is 0 Å². The van der Waals surface area contributed by atoms with Crippen molar-refractivity contribution in [3.8, 4) is 5.75 Å². The first kappa shape index (κ1) is 12.3. The van der Waals surface area contributed by atoms with Crippen LogP contribution in [0.4, 0.5) is 5.69 Å². The number of hydrogen-bond donors (Lipinski definition) is 1. The summed E-state index contributed by atoms with van der Waals surface area (Å²) in [5, 5.41) is 0. The molecule has 0 saturated heterocycles. The van der Waals surface area contributed by atoms with E-state index in [4.69, 9.17) is 10.5 Å². The molecule has 17 heavy (non-hydrogen) atoms. The third kappa shape index (κ3) is 3.41. The molecule has 0 aliphatic heterocycles. The van der Waals surface area contributed by atoms with Crippen molar-refractivity contribution in [3.05, 3.63) is 46.9 Å². The van der Waals surface area contributed by atoms with E-state index in [-0.39, 0.29) is 0 Å². The fourth-order valence-electron chi connectivity index (χ4n) is 1.41. The Morgan fingerprint density at radius 3 is 2.41 bits per heavy atom. The summed E-state index contributed by atoms with van der Waals surface area (Å²) >= 11 is 5.08. The lowest BCUT2D eigenvalue weighted by atomic mass is 10.3. The molecule has 0 aliphatic carbocycles. The molecular weight excluding hydrogens is 298 g/mol. The van der Waals surface area contributed by atoms with Gasteiger partial charge in [0.25, 0.3) is 0 Å². The summed E-state index contributed by atoms with van der Waals surface area (Å²) in [4.78, 5) is 2.24. The molecule has 0 unspecified atom stereocenters. The van der Waals surface area contributed by atoms with Crippen molar-refractivity contribution in [2.75, 3.05) is 12.8 Å². The van der Waals surface area contributed by atoms with Crippen LogP contribution in [0.15, 0.2) is 56.7 Å². The molecule has 0 aromatic heterocycles. The van der Waals surface area contributed by atoms with Crippen LogP contribution in [0.25, 0.3) is 0 Å². The second-order valence-electron chi connectivity index (χ2n) is 3.50. The molecule has 0 aliphatic rings. The molecule has 0 radical (unpaired) electrons. The van der Waals surface area contributed by atoms with Gasteiger partial charge >= 0.3 is 0 Å². The zero-order valence-corrected chi connectivity index (χ0v) is 11.7. The van der Waals surface area contributed by atoms with Gasteiger partial charge < -0.3 is 10.5 Å². The van der Waals surface area contributed by atoms with Crippen LogP contribution < -0.4 is 10.5 Å². The van der Waals surface area contributed by atoms with Gasteiger partial charge in [-0.3, -0.25) is 0 Å². The summed E-state index contributed by atoms with van der Waals surface area (Å²) in [5.41, 5.74) is 6.52. The fraction of sp³-hybridized carbons (Fsp3) is 0.0769. The third-order valence-corrected chi connectivity index (χ3v) is 3.70. The highest BCUT2D eigenvalue weighted by Crippen LogP contribution is 2.32. The van der Waals surface area contributed by atoms with Crippen LogP contribution in [0.5, 0.6) is 5.75 Å². The number of rotatable bonds is 3. The number of benzene rings is 2. The van der Waals surface area contributed by atoms with E-state index in [9.17, 15) is 0 Å². The van der Waals surface area contributed by atoms with Gasteiger partial charge in [0.15, 0.2) is 0 Å². The first-order valence-electron chi connectivity index (χ1n) is 5.05. The van der Waals surface area contributed by atoms with Gasteiger partial charge in [-0.2, -0.15) is 0 Å². The van der Waals surface area contributed by atoms with E-state index in [1.54, 1.807) is 18.9 Å². The first-order chi connectivity index (χ1) is 8.17. The lowest BCUT2D eigenvalue weighted by molar-refractivity contribution is 0.414. The van der Waals surface area contributed by atoms with Gasteiger partial charge in [-0.25, -0.2) is 0 Å². The number of ether oxygens (including phenoxy) is 1. The van der Waals surface area contributed by atoms with E-state index >= 15 is 0 Å². The molecule has 2 aromatic rings. The average Bonchev–Trinajstić information content (AvgIpc) is 2.31. The molecular formula is C13H12BrNOS. The Balaban J connectivity index is 2.23. The molecule has 2 rings (SSSR count). The number of halogens is 1. The zero-order chi connectivity index (χ0) is 12.3. The summed E-state index contributed by atoms with van der Waals surface area (Å²) in [5.74, 6) is 0.782. The lowest BCUT2D eigenvalue weighted by Crippen LogP contribution is -1.89. The van der Waals surface area contributed by atoms with Crippen molar-refractivity contribution in [1.82, 2.24) is 0 Å². The lowest BCUT2D eigenvalue weighted by Gasteiger charge is -2.06. The monoisotopic (exact) mass is 309 g/mol. The molecule has 0 heterocycles. The Labute approximate surface area is 113 Å². The second-order valence-corrected chi connectivity index (χ2v) is 5.56. The number of anilines is 1. The van der Waals surface area contributed by atoms with Crippen molar-refractivity contribution < 1.29 is 4.74 Å². The molecule has 88 valence electrons. The topological polar surface area (TPSA) is 35.2 Å². The SMILES string of the molecule is COc1cc(N)cc(Sc2ccc(Br)cc2)c1. The van der Waals surface area contributed by atoms with Crippen molar-refractivity contribution in [3.63, 3.8) is 0 Å².